The Hall–Kier alpha value is -3.40. The van der Waals surface area contributed by atoms with Gasteiger partial charge in [-0.15, -0.1) is 0 Å². The van der Waals surface area contributed by atoms with E-state index in [1.165, 1.54) is 12.1 Å². The largest absolute Gasteiger partial charge is 0.489 e. The number of halogens is 1. The molecule has 1 heterocycles. The van der Waals surface area contributed by atoms with Crippen molar-refractivity contribution in [3.05, 3.63) is 94.0 Å². The SMILES string of the molecule is Cc1ccc(S(=O)(=O)N[C@@H]2CCN(Cc3cc(CC(=O)O)ccc3OCc3ccc(Cl)cc3)C2=O)cc1. The van der Waals surface area contributed by atoms with Gasteiger partial charge in [-0.05, 0) is 60.9 Å². The first-order valence-corrected chi connectivity index (χ1v) is 13.6. The van der Waals surface area contributed by atoms with E-state index in [9.17, 15) is 23.1 Å². The number of aliphatic carboxylic acids is 1. The molecule has 4 rings (SSSR count). The molecule has 3 aromatic rings. The first kappa shape index (κ1) is 26.7. The molecule has 10 heteroatoms. The van der Waals surface area contributed by atoms with Gasteiger partial charge in [0, 0.05) is 23.7 Å². The highest BCUT2D eigenvalue weighted by Gasteiger charge is 2.35. The molecule has 37 heavy (non-hydrogen) atoms. The molecule has 194 valence electrons. The first-order valence-electron chi connectivity index (χ1n) is 11.7. The molecule has 1 fully saturated rings. The third-order valence-corrected chi connectivity index (χ3v) is 7.81. The van der Waals surface area contributed by atoms with Crippen LogP contribution in [0.3, 0.4) is 0 Å². The standard InChI is InChI=1S/C27H27ClN2O6S/c1-18-2-9-23(10-3-18)37(34,35)29-24-12-13-30(27(24)33)16-21-14-20(15-26(31)32)6-11-25(21)36-17-19-4-7-22(28)8-5-19/h2-11,14,24,29H,12-13,15-17H2,1H3,(H,31,32)/t24-/m1/s1. The summed E-state index contributed by atoms with van der Waals surface area (Å²) in [5.41, 5.74) is 3.04. The fraction of sp³-hybridized carbons (Fsp3) is 0.259. The third-order valence-electron chi connectivity index (χ3n) is 6.08. The van der Waals surface area contributed by atoms with Gasteiger partial charge < -0.3 is 14.7 Å². The lowest BCUT2D eigenvalue weighted by Gasteiger charge is -2.20. The molecule has 0 radical (unpaired) electrons. The average Bonchev–Trinajstić information content (AvgIpc) is 3.18. The minimum Gasteiger partial charge on any atom is -0.489 e. The van der Waals surface area contributed by atoms with Crippen molar-refractivity contribution in [2.45, 2.75) is 43.9 Å². The second-order valence-electron chi connectivity index (χ2n) is 8.96. The van der Waals surface area contributed by atoms with Gasteiger partial charge in [0.15, 0.2) is 0 Å². The number of benzene rings is 3. The molecule has 8 nitrogen and oxygen atoms in total. The number of nitrogens with one attached hydrogen (secondary N) is 1. The number of carboxylic acids is 1. The van der Waals surface area contributed by atoms with Gasteiger partial charge in [0.25, 0.3) is 0 Å². The van der Waals surface area contributed by atoms with E-state index >= 15 is 0 Å². The Kier molecular flexibility index (Phi) is 8.16. The van der Waals surface area contributed by atoms with Gasteiger partial charge in [-0.25, -0.2) is 8.42 Å². The molecule has 0 spiro atoms. The average molecular weight is 543 g/mol. The molecule has 1 aliphatic rings. The van der Waals surface area contributed by atoms with Crippen molar-refractivity contribution in [1.82, 2.24) is 9.62 Å². The Morgan fingerprint density at radius 1 is 1.08 bits per heavy atom. The molecule has 0 unspecified atom stereocenters. The van der Waals surface area contributed by atoms with Crippen LogP contribution in [0.15, 0.2) is 71.6 Å². The number of rotatable bonds is 10. The normalized spacial score (nSPS) is 15.7. The van der Waals surface area contributed by atoms with Gasteiger partial charge in [-0.3, -0.25) is 9.59 Å². The number of amides is 1. The highest BCUT2D eigenvalue weighted by Crippen LogP contribution is 2.26. The molecule has 1 amide bonds. The smallest absolute Gasteiger partial charge is 0.307 e. The van der Waals surface area contributed by atoms with Crippen LogP contribution in [0, 0.1) is 6.92 Å². The highest BCUT2D eigenvalue weighted by molar-refractivity contribution is 7.89. The summed E-state index contributed by atoms with van der Waals surface area (Å²) in [6.45, 7) is 2.63. The number of likely N-dealkylation sites (tertiary alicyclic amines) is 1. The maximum atomic E-state index is 13.1. The minimum atomic E-state index is -3.86. The summed E-state index contributed by atoms with van der Waals surface area (Å²) in [7, 11) is -3.86. The topological polar surface area (TPSA) is 113 Å². The van der Waals surface area contributed by atoms with Gasteiger partial charge in [0.1, 0.15) is 18.4 Å². The molecule has 0 aromatic heterocycles. The lowest BCUT2D eigenvalue weighted by molar-refractivity contribution is -0.136. The number of ether oxygens (including phenoxy) is 1. The fourth-order valence-electron chi connectivity index (χ4n) is 4.11. The Balaban J connectivity index is 1.49. The quantitative estimate of drug-likeness (QED) is 0.401. The molecule has 1 saturated heterocycles. The number of carbonyl (C=O) groups excluding carboxylic acids is 1. The maximum Gasteiger partial charge on any atom is 0.307 e. The molecule has 2 N–H and O–H groups in total. The van der Waals surface area contributed by atoms with E-state index < -0.39 is 22.0 Å². The highest BCUT2D eigenvalue weighted by atomic mass is 35.5. The third kappa shape index (κ3) is 6.88. The molecular weight excluding hydrogens is 516 g/mol. The molecule has 1 aliphatic heterocycles. The van der Waals surface area contributed by atoms with Crippen molar-refractivity contribution in [2.24, 2.45) is 0 Å². The zero-order chi connectivity index (χ0) is 26.6. The summed E-state index contributed by atoms with van der Waals surface area (Å²) in [5.74, 6) is -0.799. The second kappa shape index (κ2) is 11.3. The molecule has 3 aromatic carbocycles. The molecule has 0 saturated carbocycles. The number of carboxylic acid groups (broad SMARTS) is 1. The second-order valence-corrected chi connectivity index (χ2v) is 11.1. The Labute approximate surface area is 220 Å². The lowest BCUT2D eigenvalue weighted by Crippen LogP contribution is -2.41. The van der Waals surface area contributed by atoms with Crippen LogP contribution < -0.4 is 9.46 Å². The van der Waals surface area contributed by atoms with Crippen LogP contribution in [0.2, 0.25) is 5.02 Å². The molecule has 0 aliphatic carbocycles. The van der Waals surface area contributed by atoms with Crippen LogP contribution in [0.5, 0.6) is 5.75 Å². The van der Waals surface area contributed by atoms with Crippen LogP contribution in [0.25, 0.3) is 0 Å². The molecule has 1 atom stereocenters. The van der Waals surface area contributed by atoms with Crippen LogP contribution in [0.4, 0.5) is 0 Å². The van der Waals surface area contributed by atoms with Gasteiger partial charge >= 0.3 is 5.97 Å². The zero-order valence-electron chi connectivity index (χ0n) is 20.2. The van der Waals surface area contributed by atoms with E-state index in [4.69, 9.17) is 16.3 Å². The number of hydrogen-bond acceptors (Lipinski definition) is 5. The van der Waals surface area contributed by atoms with E-state index in [0.717, 1.165) is 11.1 Å². The van der Waals surface area contributed by atoms with Crippen molar-refractivity contribution in [1.29, 1.82) is 0 Å². The number of nitrogens with zero attached hydrogens (tertiary/aromatic N) is 1. The van der Waals surface area contributed by atoms with E-state index in [-0.39, 0.29) is 30.4 Å². The van der Waals surface area contributed by atoms with Crippen LogP contribution in [0.1, 0.15) is 28.7 Å². The number of aryl methyl sites for hydroxylation is 1. The molecular formula is C27H27ClN2O6S. The summed E-state index contributed by atoms with van der Waals surface area (Å²) in [4.78, 5) is 26.0. The zero-order valence-corrected chi connectivity index (χ0v) is 21.8. The Bertz CT molecular complexity index is 1390. The van der Waals surface area contributed by atoms with Crippen molar-refractivity contribution in [3.8, 4) is 5.75 Å². The molecule has 0 bridgehead atoms. The van der Waals surface area contributed by atoms with E-state index in [0.29, 0.717) is 34.9 Å². The van der Waals surface area contributed by atoms with Crippen molar-refractivity contribution < 1.29 is 27.9 Å². The van der Waals surface area contributed by atoms with Crippen molar-refractivity contribution in [2.75, 3.05) is 6.54 Å². The first-order chi connectivity index (χ1) is 17.6. The fourth-order valence-corrected chi connectivity index (χ4v) is 5.46. The monoisotopic (exact) mass is 542 g/mol. The summed E-state index contributed by atoms with van der Waals surface area (Å²) in [6.07, 6.45) is 0.150. The van der Waals surface area contributed by atoms with Gasteiger partial charge in [0.2, 0.25) is 15.9 Å². The summed E-state index contributed by atoms with van der Waals surface area (Å²) >= 11 is 5.95. The van der Waals surface area contributed by atoms with Crippen molar-refractivity contribution in [3.63, 3.8) is 0 Å². The van der Waals surface area contributed by atoms with Gasteiger partial charge in [-0.1, -0.05) is 47.5 Å². The minimum absolute atomic E-state index is 0.101. The lowest BCUT2D eigenvalue weighted by atomic mass is 10.1. The van der Waals surface area contributed by atoms with Crippen LogP contribution >= 0.6 is 11.6 Å². The number of carbonyl (C=O) groups is 2. The Morgan fingerprint density at radius 3 is 2.43 bits per heavy atom. The predicted molar refractivity (Wildman–Crippen MR) is 139 cm³/mol. The summed E-state index contributed by atoms with van der Waals surface area (Å²) < 4.78 is 34.1. The summed E-state index contributed by atoms with van der Waals surface area (Å²) in [5, 5.41) is 9.82. The van der Waals surface area contributed by atoms with Crippen LogP contribution in [-0.4, -0.2) is 42.9 Å². The summed E-state index contributed by atoms with van der Waals surface area (Å²) in [6, 6.07) is 17.8. The van der Waals surface area contributed by atoms with Gasteiger partial charge in [-0.2, -0.15) is 4.72 Å². The predicted octanol–water partition coefficient (Wildman–Crippen LogP) is 3.93. The van der Waals surface area contributed by atoms with Crippen molar-refractivity contribution >= 4 is 33.5 Å². The Morgan fingerprint density at radius 2 is 1.76 bits per heavy atom. The van der Waals surface area contributed by atoms with E-state index in [1.54, 1.807) is 47.4 Å². The van der Waals surface area contributed by atoms with E-state index in [1.807, 2.05) is 19.1 Å². The van der Waals surface area contributed by atoms with Crippen LogP contribution in [-0.2, 0) is 39.2 Å². The number of sulfonamides is 1. The van der Waals surface area contributed by atoms with E-state index in [2.05, 4.69) is 4.72 Å². The number of hydrogen-bond donors (Lipinski definition) is 2. The maximum absolute atomic E-state index is 13.1. The van der Waals surface area contributed by atoms with Gasteiger partial charge in [0.05, 0.1) is 11.3 Å².